The Hall–Kier alpha value is -2.54. The van der Waals surface area contributed by atoms with Gasteiger partial charge in [0.2, 0.25) is 0 Å². The molecule has 0 amide bonds. The molecule has 0 fully saturated rings. The lowest BCUT2D eigenvalue weighted by atomic mass is 10.3. The van der Waals surface area contributed by atoms with Crippen LogP contribution in [-0.2, 0) is 11.6 Å². The third-order valence-corrected chi connectivity index (χ3v) is 1.92. The van der Waals surface area contributed by atoms with Crippen molar-refractivity contribution >= 4 is 11.6 Å². The van der Waals surface area contributed by atoms with Crippen molar-refractivity contribution in [1.82, 2.24) is 0 Å². The summed E-state index contributed by atoms with van der Waals surface area (Å²) in [5.41, 5.74) is 0. The van der Waals surface area contributed by atoms with Gasteiger partial charge in [-0.3, -0.25) is 0 Å². The van der Waals surface area contributed by atoms with E-state index in [0.29, 0.717) is 0 Å². The molecule has 0 spiro atoms. The highest BCUT2D eigenvalue weighted by atomic mass is 32.1. The minimum atomic E-state index is -0.750. The van der Waals surface area contributed by atoms with Crippen LogP contribution >= 0.6 is 0 Å². The van der Waals surface area contributed by atoms with Gasteiger partial charge in [-0.25, -0.2) is 0 Å². The average molecular weight is 298 g/mol. The summed E-state index contributed by atoms with van der Waals surface area (Å²) < 4.78 is 21.4. The molecular weight excluding hydrogens is 284 g/mol. The number of methoxy groups -OCH3 is 1. The molecule has 0 atom stereocenters. The molecule has 3 N–H and O–H groups in total. The highest BCUT2D eigenvalue weighted by Gasteiger charge is 1.87. The molecule has 2 aromatic rings. The molecule has 0 aliphatic heterocycles. The number of benzene rings is 2. The molecule has 0 unspecified atom stereocenters. The van der Waals surface area contributed by atoms with E-state index in [2.05, 4.69) is 0 Å². The van der Waals surface area contributed by atoms with Gasteiger partial charge in [-0.1, -0.05) is 0 Å². The van der Waals surface area contributed by atoms with E-state index in [4.69, 9.17) is 28.5 Å². The Morgan fingerprint density at radius 3 is 1.25 bits per heavy atom. The van der Waals surface area contributed by atoms with E-state index >= 15 is 0 Å². The number of aromatic hydroxyl groups is 3. The fraction of sp³-hybridized carbons (Fsp3) is 0.0769. The Balaban J connectivity index is 0.000000304. The van der Waals surface area contributed by atoms with Crippen LogP contribution in [0.4, 0.5) is 0 Å². The minimum absolute atomic E-state index is 0.169. The second-order valence-electron chi connectivity index (χ2n) is 3.28. The van der Waals surface area contributed by atoms with Gasteiger partial charge in [0.1, 0.15) is 23.0 Å². The summed E-state index contributed by atoms with van der Waals surface area (Å²) >= 11 is -0.750. The van der Waals surface area contributed by atoms with Gasteiger partial charge in [-0.2, -0.15) is 8.42 Å². The Kier molecular flexibility index (Phi) is 9.07. The number of hydrogen-bond acceptors (Lipinski definition) is 6. The van der Waals surface area contributed by atoms with E-state index in [1.165, 1.54) is 24.3 Å². The van der Waals surface area contributed by atoms with Crippen LogP contribution in [0.1, 0.15) is 0 Å². The lowest BCUT2D eigenvalue weighted by Crippen LogP contribution is -1.79. The maximum atomic E-state index is 8.80. The summed E-state index contributed by atoms with van der Waals surface area (Å²) in [6.07, 6.45) is 0. The van der Waals surface area contributed by atoms with E-state index in [-0.39, 0.29) is 17.2 Å². The second-order valence-corrected chi connectivity index (χ2v) is 3.42. The Bertz CT molecular complexity index is 497. The van der Waals surface area contributed by atoms with Gasteiger partial charge in [0.05, 0.1) is 7.11 Å². The van der Waals surface area contributed by atoms with Crippen LogP contribution in [0.15, 0.2) is 48.5 Å². The molecule has 2 rings (SSSR count). The molecule has 7 heteroatoms. The fourth-order valence-corrected chi connectivity index (χ4v) is 1.03. The summed E-state index contributed by atoms with van der Waals surface area (Å²) in [7, 11) is 1.59. The third-order valence-electron chi connectivity index (χ3n) is 1.92. The van der Waals surface area contributed by atoms with Crippen molar-refractivity contribution in [2.24, 2.45) is 0 Å². The van der Waals surface area contributed by atoms with Crippen LogP contribution in [0.2, 0.25) is 0 Å². The van der Waals surface area contributed by atoms with Crippen LogP contribution in [-0.4, -0.2) is 30.8 Å². The molecule has 0 bridgehead atoms. The number of phenols is 3. The Labute approximate surface area is 119 Å². The highest BCUT2D eigenvalue weighted by molar-refractivity contribution is 7.51. The summed E-state index contributed by atoms with van der Waals surface area (Å²) in [6.45, 7) is 0. The standard InChI is InChI=1S/C7H8O2.C6H6O2.O2S/c1-9-7-4-2-6(8)3-5-7;7-5-1-2-6(8)4-3-5;1-3-2/h2-5,8H,1H3;1-4,7-8H;. The van der Waals surface area contributed by atoms with Gasteiger partial charge >= 0.3 is 11.6 Å². The van der Waals surface area contributed by atoms with E-state index in [0.717, 1.165) is 5.75 Å². The molecule has 0 heterocycles. The van der Waals surface area contributed by atoms with Crippen LogP contribution in [0.3, 0.4) is 0 Å². The van der Waals surface area contributed by atoms with Gasteiger partial charge in [0, 0.05) is 0 Å². The first-order chi connectivity index (χ1) is 9.53. The molecule has 0 saturated carbocycles. The Morgan fingerprint density at radius 1 is 0.750 bits per heavy atom. The van der Waals surface area contributed by atoms with Crippen molar-refractivity contribution in [3.05, 3.63) is 48.5 Å². The van der Waals surface area contributed by atoms with Crippen LogP contribution in [0.5, 0.6) is 23.0 Å². The minimum Gasteiger partial charge on any atom is -0.508 e. The smallest absolute Gasteiger partial charge is 0.335 e. The molecule has 0 radical (unpaired) electrons. The molecule has 20 heavy (non-hydrogen) atoms. The SMILES string of the molecule is COc1ccc(O)cc1.O=S=O.Oc1ccc(O)cc1. The normalized spacial score (nSPS) is 8.25. The molecule has 2 aromatic carbocycles. The van der Waals surface area contributed by atoms with E-state index < -0.39 is 11.6 Å². The van der Waals surface area contributed by atoms with Crippen molar-refractivity contribution < 1.29 is 28.5 Å². The molecule has 0 aliphatic rings. The lowest BCUT2D eigenvalue weighted by Gasteiger charge is -1.96. The molecule has 0 aromatic heterocycles. The van der Waals surface area contributed by atoms with E-state index in [1.54, 1.807) is 31.4 Å². The summed E-state index contributed by atoms with van der Waals surface area (Å²) in [5, 5.41) is 26.1. The number of hydrogen-bond donors (Lipinski definition) is 3. The molecule has 108 valence electrons. The zero-order valence-electron chi connectivity index (χ0n) is 10.6. The highest BCUT2D eigenvalue weighted by Crippen LogP contribution is 2.14. The van der Waals surface area contributed by atoms with Gasteiger partial charge in [0.25, 0.3) is 0 Å². The topological polar surface area (TPSA) is 104 Å². The Morgan fingerprint density at radius 2 is 1.00 bits per heavy atom. The maximum Gasteiger partial charge on any atom is 0.335 e. The third kappa shape index (κ3) is 8.54. The van der Waals surface area contributed by atoms with E-state index in [1.807, 2.05) is 0 Å². The molecule has 0 aliphatic carbocycles. The predicted octanol–water partition coefficient (Wildman–Crippen LogP) is 1.83. The van der Waals surface area contributed by atoms with Gasteiger partial charge in [-0.05, 0) is 48.5 Å². The van der Waals surface area contributed by atoms with Crippen molar-refractivity contribution in [1.29, 1.82) is 0 Å². The molecule has 0 saturated heterocycles. The number of rotatable bonds is 1. The van der Waals surface area contributed by atoms with Crippen LogP contribution in [0, 0.1) is 0 Å². The number of ether oxygens (including phenoxy) is 1. The van der Waals surface area contributed by atoms with Crippen molar-refractivity contribution in [2.75, 3.05) is 7.11 Å². The van der Waals surface area contributed by atoms with Crippen LogP contribution in [0.25, 0.3) is 0 Å². The zero-order valence-corrected chi connectivity index (χ0v) is 11.4. The monoisotopic (exact) mass is 298 g/mol. The van der Waals surface area contributed by atoms with Gasteiger partial charge in [0.15, 0.2) is 0 Å². The van der Waals surface area contributed by atoms with E-state index in [9.17, 15) is 0 Å². The van der Waals surface area contributed by atoms with Gasteiger partial charge in [-0.15, -0.1) is 0 Å². The second kappa shape index (κ2) is 10.4. The molecular formula is C13H14O6S. The van der Waals surface area contributed by atoms with Crippen molar-refractivity contribution in [2.45, 2.75) is 0 Å². The first kappa shape index (κ1) is 17.5. The summed E-state index contributed by atoms with van der Waals surface area (Å²) in [6, 6.07) is 12.3. The van der Waals surface area contributed by atoms with Gasteiger partial charge < -0.3 is 20.1 Å². The lowest BCUT2D eigenvalue weighted by molar-refractivity contribution is 0.412. The summed E-state index contributed by atoms with van der Waals surface area (Å²) in [4.78, 5) is 0. The fourth-order valence-electron chi connectivity index (χ4n) is 1.03. The largest absolute Gasteiger partial charge is 0.508 e. The quantitative estimate of drug-likeness (QED) is 0.694. The maximum absolute atomic E-state index is 8.80. The van der Waals surface area contributed by atoms with Crippen molar-refractivity contribution in [3.8, 4) is 23.0 Å². The predicted molar refractivity (Wildman–Crippen MR) is 73.4 cm³/mol. The van der Waals surface area contributed by atoms with Crippen molar-refractivity contribution in [3.63, 3.8) is 0 Å². The summed E-state index contributed by atoms with van der Waals surface area (Å²) in [5.74, 6) is 1.36. The first-order valence-corrected chi connectivity index (χ1v) is 5.93. The zero-order chi connectivity index (χ0) is 15.4. The number of phenolic OH excluding ortho intramolecular Hbond substituents is 3. The first-order valence-electron chi connectivity index (χ1n) is 5.26. The average Bonchev–Trinajstić information content (AvgIpc) is 2.45. The van der Waals surface area contributed by atoms with Crippen LogP contribution < -0.4 is 4.74 Å². The molecule has 6 nitrogen and oxygen atoms in total.